The molecule has 0 aromatic rings. The highest BCUT2D eigenvalue weighted by atomic mass is 17.2. The van der Waals surface area contributed by atoms with Gasteiger partial charge in [0.1, 0.15) is 11.2 Å². The molecule has 6 aliphatic rings. The van der Waals surface area contributed by atoms with Crippen LogP contribution in [-0.2, 0) is 9.78 Å². The molecule has 1 N–H and O–H groups in total. The van der Waals surface area contributed by atoms with Crippen molar-refractivity contribution in [3.63, 3.8) is 0 Å². The molecule has 32 heavy (non-hydrogen) atoms. The van der Waals surface area contributed by atoms with E-state index in [-0.39, 0.29) is 22.5 Å². The highest BCUT2D eigenvalue weighted by Gasteiger charge is 2.74. The SMILES string of the molecule is C/C(=C\[C@@H](C)[C@H]1CC[C@@H]2[C@]1(C)CC[C@H]1[C@@]23C=C[C@]2(C[C@@H](O)CC[C@]12C)OO3)[C@H](C)C(C)C. The Morgan fingerprint density at radius 3 is 2.38 bits per heavy atom. The van der Waals surface area contributed by atoms with Gasteiger partial charge in [0.15, 0.2) is 0 Å². The molecule has 0 aromatic heterocycles. The first-order chi connectivity index (χ1) is 15.0. The zero-order valence-corrected chi connectivity index (χ0v) is 21.5. The molecule has 0 unspecified atom stereocenters. The molecule has 2 heterocycles. The van der Waals surface area contributed by atoms with Crippen molar-refractivity contribution in [1.29, 1.82) is 0 Å². The monoisotopic (exact) mass is 442 g/mol. The summed E-state index contributed by atoms with van der Waals surface area (Å²) in [6, 6.07) is 0. The molecule has 3 saturated carbocycles. The smallest absolute Gasteiger partial charge is 0.130 e. The van der Waals surface area contributed by atoms with Gasteiger partial charge in [-0.15, -0.1) is 0 Å². The molecule has 6 rings (SSSR count). The zero-order valence-electron chi connectivity index (χ0n) is 21.5. The van der Waals surface area contributed by atoms with E-state index in [1.807, 2.05) is 0 Å². The minimum absolute atomic E-state index is 0.0629. The van der Waals surface area contributed by atoms with Crippen molar-refractivity contribution in [2.45, 2.75) is 111 Å². The topological polar surface area (TPSA) is 38.7 Å². The maximum Gasteiger partial charge on any atom is 0.130 e. The molecule has 0 aromatic carbocycles. The minimum Gasteiger partial charge on any atom is -0.393 e. The third-order valence-corrected chi connectivity index (χ3v) is 11.6. The summed E-state index contributed by atoms with van der Waals surface area (Å²) in [5, 5.41) is 10.4. The van der Waals surface area contributed by atoms with Gasteiger partial charge in [-0.25, -0.2) is 9.78 Å². The Hall–Kier alpha value is -0.640. The van der Waals surface area contributed by atoms with Crippen LogP contribution in [0, 0.1) is 46.3 Å². The van der Waals surface area contributed by atoms with Crippen molar-refractivity contribution in [3.05, 3.63) is 23.8 Å². The summed E-state index contributed by atoms with van der Waals surface area (Å²) in [6.45, 7) is 16.8. The van der Waals surface area contributed by atoms with E-state index < -0.39 is 5.60 Å². The number of rotatable bonds is 4. The Balaban J connectivity index is 1.46. The van der Waals surface area contributed by atoms with E-state index in [1.165, 1.54) is 25.7 Å². The summed E-state index contributed by atoms with van der Waals surface area (Å²) >= 11 is 0. The number of aliphatic hydroxyl groups is 1. The van der Waals surface area contributed by atoms with E-state index >= 15 is 0 Å². The van der Waals surface area contributed by atoms with Crippen LogP contribution in [0.3, 0.4) is 0 Å². The molecule has 4 fully saturated rings. The van der Waals surface area contributed by atoms with Crippen LogP contribution >= 0.6 is 0 Å². The van der Waals surface area contributed by atoms with Gasteiger partial charge in [-0.1, -0.05) is 59.3 Å². The number of hydrogen-bond acceptors (Lipinski definition) is 3. The van der Waals surface area contributed by atoms with E-state index in [4.69, 9.17) is 9.78 Å². The molecule has 0 amide bonds. The van der Waals surface area contributed by atoms with Gasteiger partial charge in [0, 0.05) is 23.7 Å². The average Bonchev–Trinajstić information content (AvgIpc) is 3.11. The van der Waals surface area contributed by atoms with Gasteiger partial charge < -0.3 is 5.11 Å². The van der Waals surface area contributed by atoms with E-state index in [1.54, 1.807) is 5.57 Å². The first-order valence-electron chi connectivity index (χ1n) is 13.4. The minimum atomic E-state index is -0.442. The van der Waals surface area contributed by atoms with Crippen molar-refractivity contribution in [1.82, 2.24) is 0 Å². The van der Waals surface area contributed by atoms with Crippen molar-refractivity contribution in [2.75, 3.05) is 0 Å². The van der Waals surface area contributed by atoms with Crippen molar-refractivity contribution >= 4 is 0 Å². The number of hydrogen-bond donors (Lipinski definition) is 1. The van der Waals surface area contributed by atoms with Crippen molar-refractivity contribution in [2.24, 2.45) is 46.3 Å². The van der Waals surface area contributed by atoms with Gasteiger partial charge in [-0.05, 0) is 80.6 Å². The first kappa shape index (κ1) is 23.1. The highest BCUT2D eigenvalue weighted by Crippen LogP contribution is 2.72. The number of aliphatic hydroxyl groups excluding tert-OH is 1. The maximum atomic E-state index is 10.4. The molecule has 2 bridgehead atoms. The lowest BCUT2D eigenvalue weighted by Gasteiger charge is -2.69. The lowest BCUT2D eigenvalue weighted by molar-refractivity contribution is -0.497. The molecule has 4 aliphatic carbocycles. The van der Waals surface area contributed by atoms with E-state index in [2.05, 4.69) is 66.7 Å². The first-order valence-corrected chi connectivity index (χ1v) is 13.4. The lowest BCUT2D eigenvalue weighted by Crippen LogP contribution is -2.73. The second-order valence-corrected chi connectivity index (χ2v) is 13.2. The summed E-state index contributed by atoms with van der Waals surface area (Å²) in [4.78, 5) is 12.8. The summed E-state index contributed by atoms with van der Waals surface area (Å²) < 4.78 is 0. The molecule has 10 atom stereocenters. The summed E-state index contributed by atoms with van der Waals surface area (Å²) in [5.41, 5.74) is 1.17. The quantitative estimate of drug-likeness (QED) is 0.382. The van der Waals surface area contributed by atoms with E-state index in [9.17, 15) is 5.11 Å². The second kappa shape index (κ2) is 7.43. The number of fused-ring (bicyclic) bond motifs is 2. The Morgan fingerprint density at radius 2 is 1.72 bits per heavy atom. The fourth-order valence-corrected chi connectivity index (χ4v) is 9.21. The van der Waals surface area contributed by atoms with Gasteiger partial charge in [-0.3, -0.25) is 0 Å². The predicted octanol–water partition coefficient (Wildman–Crippen LogP) is 6.86. The van der Waals surface area contributed by atoms with Gasteiger partial charge in [0.05, 0.1) is 6.10 Å². The van der Waals surface area contributed by atoms with Crippen molar-refractivity contribution in [3.8, 4) is 0 Å². The van der Waals surface area contributed by atoms with Crippen LogP contribution in [0.5, 0.6) is 0 Å². The molecule has 2 aliphatic heterocycles. The Kier molecular flexibility index (Phi) is 5.37. The van der Waals surface area contributed by atoms with Crippen LogP contribution < -0.4 is 0 Å². The lowest BCUT2D eigenvalue weighted by atomic mass is 9.43. The molecular weight excluding hydrogens is 396 g/mol. The second-order valence-electron chi connectivity index (χ2n) is 13.2. The number of allylic oxidation sites excluding steroid dienone is 2. The normalized spacial score (nSPS) is 51.8. The van der Waals surface area contributed by atoms with Crippen molar-refractivity contribution < 1.29 is 14.9 Å². The highest BCUT2D eigenvalue weighted by molar-refractivity contribution is 5.33. The van der Waals surface area contributed by atoms with E-state index in [0.29, 0.717) is 41.9 Å². The van der Waals surface area contributed by atoms with Crippen LogP contribution in [0.2, 0.25) is 0 Å². The van der Waals surface area contributed by atoms with Gasteiger partial charge in [0.25, 0.3) is 0 Å². The third kappa shape index (κ3) is 2.89. The van der Waals surface area contributed by atoms with Gasteiger partial charge >= 0.3 is 0 Å². The zero-order chi connectivity index (χ0) is 23.1. The Bertz CT molecular complexity index is 815. The van der Waals surface area contributed by atoms with Crippen LogP contribution in [-0.4, -0.2) is 22.4 Å². The summed E-state index contributed by atoms with van der Waals surface area (Å²) in [7, 11) is 0. The third-order valence-electron chi connectivity index (χ3n) is 11.6. The Morgan fingerprint density at radius 1 is 0.969 bits per heavy atom. The van der Waals surface area contributed by atoms with Gasteiger partial charge in [0.2, 0.25) is 0 Å². The average molecular weight is 443 g/mol. The van der Waals surface area contributed by atoms with Crippen LogP contribution in [0.4, 0.5) is 0 Å². The molecule has 3 heteroatoms. The van der Waals surface area contributed by atoms with Crippen LogP contribution in [0.1, 0.15) is 93.4 Å². The molecule has 180 valence electrons. The Labute approximate surface area is 195 Å². The maximum absolute atomic E-state index is 10.4. The molecule has 2 spiro atoms. The van der Waals surface area contributed by atoms with E-state index in [0.717, 1.165) is 12.8 Å². The summed E-state index contributed by atoms with van der Waals surface area (Å²) in [6.07, 6.45) is 14.6. The van der Waals surface area contributed by atoms with Crippen LogP contribution in [0.25, 0.3) is 0 Å². The van der Waals surface area contributed by atoms with Gasteiger partial charge in [-0.2, -0.15) is 0 Å². The molecule has 3 nitrogen and oxygen atoms in total. The fourth-order valence-electron chi connectivity index (χ4n) is 9.21. The molecule has 1 saturated heterocycles. The predicted molar refractivity (Wildman–Crippen MR) is 129 cm³/mol. The summed E-state index contributed by atoms with van der Waals surface area (Å²) in [5.74, 6) is 3.62. The standard InChI is InChI=1S/C29H46O3/c1-18(2)21(5)19(3)16-20(4)23-8-9-24-26(23,6)12-11-25-27(7)13-10-22(30)17-28(27)14-15-29(24,25)32-31-28/h14-16,18,20-25,30H,8-13,17H2,1-7H3/b19-16+/t20-,21-,22+,23-,24-,25-,26-,27-,28-,29-/m1/s1. The molecular formula is C29H46O3. The fraction of sp³-hybridized carbons (Fsp3) is 0.862. The largest absolute Gasteiger partial charge is 0.393 e. The van der Waals surface area contributed by atoms with Crippen LogP contribution in [0.15, 0.2) is 23.8 Å². The molecule has 0 radical (unpaired) electrons.